The number of non-ortho nitro benzene ring substituents is 1. The number of carbonyl (C=O) groups excluding carboxylic acids is 1. The number of carbonyl (C=O) groups is 1. The van der Waals surface area contributed by atoms with E-state index in [1.165, 1.54) is 12.1 Å². The number of rotatable bonds is 3. The molecule has 0 N–H and O–H groups in total. The van der Waals surface area contributed by atoms with Crippen molar-refractivity contribution in [3.8, 4) is 0 Å². The van der Waals surface area contributed by atoms with Crippen LogP contribution in [0.15, 0.2) is 18.2 Å². The van der Waals surface area contributed by atoms with Gasteiger partial charge in [-0.3, -0.25) is 14.9 Å². The van der Waals surface area contributed by atoms with Gasteiger partial charge in [-0.25, -0.2) is 0 Å². The monoisotopic (exact) mass is 236 g/mol. The van der Waals surface area contributed by atoms with Crippen LogP contribution in [-0.4, -0.2) is 26.0 Å². The minimum atomic E-state index is -0.866. The molecule has 1 aromatic carbocycles. The van der Waals surface area contributed by atoms with Crippen LogP contribution in [0.25, 0.3) is 10.9 Å². The second kappa shape index (κ2) is 3.63. The second-order valence-electron chi connectivity index (χ2n) is 3.06. The number of fused-ring (bicyclic) bond motifs is 1. The summed E-state index contributed by atoms with van der Waals surface area (Å²) in [6.45, 7) is 0. The zero-order valence-corrected chi connectivity index (χ0v) is 8.14. The first-order valence-electron chi connectivity index (χ1n) is 4.31. The van der Waals surface area contributed by atoms with Crippen molar-refractivity contribution in [1.82, 2.24) is 9.78 Å². The van der Waals surface area contributed by atoms with Gasteiger partial charge >= 0.3 is 5.82 Å². The van der Waals surface area contributed by atoms with Crippen LogP contribution in [0.4, 0.5) is 11.5 Å². The molecule has 0 spiro atoms. The molecule has 0 saturated heterocycles. The lowest BCUT2D eigenvalue weighted by atomic mass is 10.2. The first kappa shape index (κ1) is 10.7. The van der Waals surface area contributed by atoms with Crippen molar-refractivity contribution in [3.63, 3.8) is 0 Å². The molecule has 0 aliphatic carbocycles. The summed E-state index contributed by atoms with van der Waals surface area (Å²) in [6.07, 6.45) is 0.249. The van der Waals surface area contributed by atoms with Gasteiger partial charge in [0.15, 0.2) is 5.39 Å². The van der Waals surface area contributed by atoms with Crippen molar-refractivity contribution in [3.05, 3.63) is 38.4 Å². The summed E-state index contributed by atoms with van der Waals surface area (Å²) in [5.74, 6) is -0.709. The van der Waals surface area contributed by atoms with Gasteiger partial charge in [-0.2, -0.15) is 0 Å². The van der Waals surface area contributed by atoms with Gasteiger partial charge in [0, 0.05) is 6.07 Å². The lowest BCUT2D eigenvalue weighted by Crippen LogP contribution is -1.97. The lowest BCUT2D eigenvalue weighted by molar-refractivity contribution is -0.393. The lowest BCUT2D eigenvalue weighted by Gasteiger charge is -1.92. The predicted octanol–water partition coefficient (Wildman–Crippen LogP) is 0.891. The van der Waals surface area contributed by atoms with Crippen molar-refractivity contribution >= 4 is 28.8 Å². The molecule has 0 radical (unpaired) electrons. The molecule has 0 aliphatic rings. The number of nitro groups is 2. The Morgan fingerprint density at radius 1 is 1.24 bits per heavy atom. The predicted molar refractivity (Wildman–Crippen MR) is 55.2 cm³/mol. The first-order valence-corrected chi connectivity index (χ1v) is 4.31. The summed E-state index contributed by atoms with van der Waals surface area (Å²) >= 11 is 0. The highest BCUT2D eigenvalue weighted by Gasteiger charge is 2.28. The Morgan fingerprint density at radius 3 is 2.47 bits per heavy atom. The Labute approximate surface area is 92.6 Å². The van der Waals surface area contributed by atoms with E-state index in [4.69, 9.17) is 0 Å². The molecule has 0 amide bonds. The Bertz CT molecular complexity index is 647. The largest absolute Gasteiger partial charge is 0.405 e. The normalized spacial score (nSPS) is 10.4. The van der Waals surface area contributed by atoms with E-state index in [0.29, 0.717) is 4.68 Å². The fraction of sp³-hybridized carbons (Fsp3) is 0. The van der Waals surface area contributed by atoms with Crippen LogP contribution in [0.2, 0.25) is 0 Å². The topological polar surface area (TPSA) is 121 Å². The minimum Gasteiger partial charge on any atom is -0.358 e. The summed E-state index contributed by atoms with van der Waals surface area (Å²) in [5.41, 5.74) is -0.428. The maximum atomic E-state index is 10.7. The highest BCUT2D eigenvalue weighted by atomic mass is 16.6. The Balaban J connectivity index is 2.96. The molecule has 17 heavy (non-hydrogen) atoms. The van der Waals surface area contributed by atoms with Crippen LogP contribution in [-0.2, 0) is 4.79 Å². The van der Waals surface area contributed by atoms with Gasteiger partial charge in [-0.1, -0.05) is 6.07 Å². The number of hydrogen-bond acceptors (Lipinski definition) is 6. The third-order valence-electron chi connectivity index (χ3n) is 2.16. The van der Waals surface area contributed by atoms with E-state index in [1.807, 2.05) is 0 Å². The van der Waals surface area contributed by atoms with Crippen LogP contribution >= 0.6 is 0 Å². The van der Waals surface area contributed by atoms with Crippen LogP contribution in [0, 0.1) is 20.2 Å². The van der Waals surface area contributed by atoms with E-state index >= 15 is 0 Å². The molecule has 2 rings (SSSR count). The van der Waals surface area contributed by atoms with Crippen molar-refractivity contribution < 1.29 is 14.6 Å². The zero-order chi connectivity index (χ0) is 12.6. The van der Waals surface area contributed by atoms with Crippen LogP contribution in [0.3, 0.4) is 0 Å². The van der Waals surface area contributed by atoms with Gasteiger partial charge < -0.3 is 10.1 Å². The molecule has 0 bridgehead atoms. The molecule has 0 fully saturated rings. The maximum absolute atomic E-state index is 10.7. The first-order chi connectivity index (χ1) is 8.06. The molecule has 9 nitrogen and oxygen atoms in total. The molecule has 0 saturated carbocycles. The van der Waals surface area contributed by atoms with Crippen LogP contribution in [0.1, 0.15) is 0 Å². The highest BCUT2D eigenvalue weighted by Crippen LogP contribution is 2.32. The highest BCUT2D eigenvalue weighted by molar-refractivity contribution is 5.97. The molecule has 0 aliphatic heterocycles. The molecular formula is C8H4N4O5. The SMILES string of the molecule is O=Cn1nc([N+](=O)[O-])c2c([N+](=O)[O-])cccc21. The Kier molecular flexibility index (Phi) is 2.28. The zero-order valence-electron chi connectivity index (χ0n) is 8.14. The third-order valence-corrected chi connectivity index (χ3v) is 2.16. The van der Waals surface area contributed by atoms with Gasteiger partial charge in [0.1, 0.15) is 5.52 Å². The number of hydrogen-bond donors (Lipinski definition) is 0. The third kappa shape index (κ3) is 1.49. The number of nitro benzene ring substituents is 1. The number of benzene rings is 1. The molecule has 0 atom stereocenters. The van der Waals surface area contributed by atoms with E-state index in [9.17, 15) is 25.0 Å². The summed E-state index contributed by atoms with van der Waals surface area (Å²) in [6, 6.07) is 3.79. The standard InChI is InChI=1S/C8H4N4O5/c13-4-10-5-2-1-3-6(11(14)15)7(5)8(9-10)12(16)17/h1-4H. The summed E-state index contributed by atoms with van der Waals surface area (Å²) in [4.78, 5) is 30.5. The summed E-state index contributed by atoms with van der Waals surface area (Å²) in [7, 11) is 0. The van der Waals surface area contributed by atoms with E-state index < -0.39 is 21.4 Å². The molecule has 2 aromatic rings. The minimum absolute atomic E-state index is 0.0286. The fourth-order valence-electron chi connectivity index (χ4n) is 1.51. The van der Waals surface area contributed by atoms with Crippen LogP contribution in [0.5, 0.6) is 0 Å². The quantitative estimate of drug-likeness (QED) is 0.443. The van der Waals surface area contributed by atoms with Gasteiger partial charge in [-0.15, -0.1) is 4.68 Å². The van der Waals surface area contributed by atoms with Gasteiger partial charge in [0.05, 0.1) is 10.0 Å². The maximum Gasteiger partial charge on any atom is 0.405 e. The van der Waals surface area contributed by atoms with Gasteiger partial charge in [0.2, 0.25) is 0 Å². The average molecular weight is 236 g/mol. The van der Waals surface area contributed by atoms with E-state index in [0.717, 1.165) is 6.07 Å². The Morgan fingerprint density at radius 2 is 1.94 bits per heavy atom. The number of aromatic nitrogens is 2. The van der Waals surface area contributed by atoms with E-state index in [-0.39, 0.29) is 17.3 Å². The molecule has 86 valence electrons. The molecule has 1 aromatic heterocycles. The smallest absolute Gasteiger partial charge is 0.358 e. The van der Waals surface area contributed by atoms with E-state index in [2.05, 4.69) is 5.10 Å². The van der Waals surface area contributed by atoms with Gasteiger partial charge in [0.25, 0.3) is 12.1 Å². The fourth-order valence-corrected chi connectivity index (χ4v) is 1.51. The van der Waals surface area contributed by atoms with Gasteiger partial charge in [-0.05, 0) is 11.0 Å². The van der Waals surface area contributed by atoms with Crippen molar-refractivity contribution in [1.29, 1.82) is 0 Å². The summed E-state index contributed by atoms with van der Waals surface area (Å²) in [5, 5.41) is 24.6. The Hall–Kier alpha value is -2.84. The molecule has 0 unspecified atom stereocenters. The summed E-state index contributed by atoms with van der Waals surface area (Å²) < 4.78 is 0.695. The molecule has 1 heterocycles. The van der Waals surface area contributed by atoms with Crippen molar-refractivity contribution in [2.45, 2.75) is 0 Å². The number of nitrogens with zero attached hydrogens (tertiary/aromatic N) is 4. The average Bonchev–Trinajstić information content (AvgIpc) is 2.67. The van der Waals surface area contributed by atoms with E-state index in [1.54, 1.807) is 0 Å². The second-order valence-corrected chi connectivity index (χ2v) is 3.06. The molecule has 9 heteroatoms. The van der Waals surface area contributed by atoms with Crippen molar-refractivity contribution in [2.24, 2.45) is 0 Å². The van der Waals surface area contributed by atoms with Crippen molar-refractivity contribution in [2.75, 3.05) is 0 Å². The van der Waals surface area contributed by atoms with Crippen LogP contribution < -0.4 is 0 Å². The molecular weight excluding hydrogens is 232 g/mol.